The van der Waals surface area contributed by atoms with E-state index in [0.29, 0.717) is 19.3 Å². The van der Waals surface area contributed by atoms with Gasteiger partial charge in [-0.15, -0.1) is 0 Å². The molecule has 0 aliphatic heterocycles. The summed E-state index contributed by atoms with van der Waals surface area (Å²) < 4.78 is 16.9. The molecular formula is C77H126O6. The number of ether oxygens (including phenoxy) is 3. The number of unbranched alkanes of at least 4 members (excludes halogenated alkanes) is 26. The highest BCUT2D eigenvalue weighted by Gasteiger charge is 2.19. The summed E-state index contributed by atoms with van der Waals surface area (Å²) in [5, 5.41) is 0. The topological polar surface area (TPSA) is 78.9 Å². The van der Waals surface area contributed by atoms with Gasteiger partial charge in [0.25, 0.3) is 0 Å². The van der Waals surface area contributed by atoms with E-state index in [4.69, 9.17) is 14.2 Å². The third-order valence-corrected chi connectivity index (χ3v) is 14.3. The fourth-order valence-electron chi connectivity index (χ4n) is 9.27. The maximum Gasteiger partial charge on any atom is 0.306 e. The van der Waals surface area contributed by atoms with Crippen LogP contribution in [0, 0.1) is 0 Å². The van der Waals surface area contributed by atoms with Crippen LogP contribution in [0.1, 0.15) is 303 Å². The Morgan fingerprint density at radius 2 is 0.470 bits per heavy atom. The van der Waals surface area contributed by atoms with E-state index in [9.17, 15) is 14.4 Å². The molecule has 0 aliphatic rings. The quantitative estimate of drug-likeness (QED) is 0.0261. The van der Waals surface area contributed by atoms with Crippen molar-refractivity contribution in [1.29, 1.82) is 0 Å². The summed E-state index contributed by atoms with van der Waals surface area (Å²) in [5.74, 6) is -0.996. The Bertz CT molecular complexity index is 1800. The second-order valence-corrected chi connectivity index (χ2v) is 22.3. The largest absolute Gasteiger partial charge is 0.462 e. The average molecular weight is 1150 g/mol. The zero-order chi connectivity index (χ0) is 59.9. The van der Waals surface area contributed by atoms with Crippen LogP contribution in [0.15, 0.2) is 146 Å². The normalized spacial score (nSPS) is 13.0. The van der Waals surface area contributed by atoms with Crippen LogP contribution < -0.4 is 0 Å². The zero-order valence-corrected chi connectivity index (χ0v) is 53.9. The minimum absolute atomic E-state index is 0.113. The molecule has 0 aliphatic carbocycles. The average Bonchev–Trinajstić information content (AvgIpc) is 3.49. The Labute approximate surface area is 512 Å². The standard InChI is InChI=1S/C77H126O6/c1-4-7-10-13-16-19-22-25-28-31-34-37-38-41-43-46-49-52-55-58-61-64-67-70-76(79)82-73-74(83-77(80)71-68-65-62-59-56-53-50-47-44-40-36-33-30-27-24-21-18-15-12-9-6-3)72-81-75(78)69-66-63-60-57-54-51-48-45-42-39-35-32-29-26-23-20-17-14-11-8-5-2/h8-9,11-12,17-18,20-21,26-27,29-30,35-36,39-40,45,47-48,50,54,56-57,59,74H,4-7,10,13-16,19,22-25,28,31-34,37-38,41-44,46,49,51-53,55,58,60-73H2,1-3H3/b11-8-,12-9-,20-17-,21-18-,29-26-,30-27-,39-35-,40-36-,48-45-,50-47-,57-54-,59-56-. The summed E-state index contributed by atoms with van der Waals surface area (Å²) >= 11 is 0. The summed E-state index contributed by atoms with van der Waals surface area (Å²) in [5.41, 5.74) is 0. The van der Waals surface area contributed by atoms with Gasteiger partial charge in [-0.2, -0.15) is 0 Å². The minimum atomic E-state index is -0.827. The fourth-order valence-corrected chi connectivity index (χ4v) is 9.27. The smallest absolute Gasteiger partial charge is 0.306 e. The van der Waals surface area contributed by atoms with Gasteiger partial charge in [-0.3, -0.25) is 14.4 Å². The molecule has 470 valence electrons. The number of carbonyl (C=O) groups is 3. The Hall–Kier alpha value is -4.71. The van der Waals surface area contributed by atoms with Crippen LogP contribution in [0.3, 0.4) is 0 Å². The monoisotopic (exact) mass is 1150 g/mol. The zero-order valence-electron chi connectivity index (χ0n) is 53.9. The molecule has 0 bridgehead atoms. The van der Waals surface area contributed by atoms with Crippen LogP contribution in [0.2, 0.25) is 0 Å². The lowest BCUT2D eigenvalue weighted by Gasteiger charge is -2.18. The predicted octanol–water partition coefficient (Wildman–Crippen LogP) is 23.9. The first-order chi connectivity index (χ1) is 41.0. The number of hydrogen-bond acceptors (Lipinski definition) is 6. The minimum Gasteiger partial charge on any atom is -0.462 e. The molecule has 1 atom stereocenters. The molecule has 0 saturated heterocycles. The van der Waals surface area contributed by atoms with Gasteiger partial charge in [0.05, 0.1) is 0 Å². The predicted molar refractivity (Wildman–Crippen MR) is 362 cm³/mol. The van der Waals surface area contributed by atoms with Gasteiger partial charge < -0.3 is 14.2 Å². The van der Waals surface area contributed by atoms with Gasteiger partial charge in [0.15, 0.2) is 6.10 Å². The molecule has 0 amide bonds. The van der Waals surface area contributed by atoms with E-state index in [-0.39, 0.29) is 44.0 Å². The maximum atomic E-state index is 12.9. The van der Waals surface area contributed by atoms with Crippen molar-refractivity contribution in [1.82, 2.24) is 0 Å². The number of carbonyl (C=O) groups excluding carboxylic acids is 3. The van der Waals surface area contributed by atoms with Gasteiger partial charge in [-0.25, -0.2) is 0 Å². The number of rotatable bonds is 61. The molecule has 0 aromatic rings. The number of hydrogen-bond donors (Lipinski definition) is 0. The van der Waals surface area contributed by atoms with Gasteiger partial charge in [0, 0.05) is 19.3 Å². The highest BCUT2D eigenvalue weighted by Crippen LogP contribution is 2.17. The molecule has 0 radical (unpaired) electrons. The van der Waals surface area contributed by atoms with E-state index in [1.54, 1.807) is 0 Å². The molecule has 0 fully saturated rings. The highest BCUT2D eigenvalue weighted by molar-refractivity contribution is 5.71. The van der Waals surface area contributed by atoms with E-state index in [0.717, 1.165) is 122 Å². The molecule has 0 spiro atoms. The number of allylic oxidation sites excluding steroid dienone is 24. The molecule has 6 nitrogen and oxygen atoms in total. The van der Waals surface area contributed by atoms with E-state index in [1.807, 2.05) is 0 Å². The first kappa shape index (κ1) is 78.3. The van der Waals surface area contributed by atoms with Crippen molar-refractivity contribution >= 4 is 17.9 Å². The maximum absolute atomic E-state index is 12.9. The summed E-state index contributed by atoms with van der Waals surface area (Å²) in [4.78, 5) is 38.4. The summed E-state index contributed by atoms with van der Waals surface area (Å²) in [6.45, 7) is 6.37. The van der Waals surface area contributed by atoms with Gasteiger partial charge in [-0.1, -0.05) is 308 Å². The van der Waals surface area contributed by atoms with Crippen LogP contribution in [0.5, 0.6) is 0 Å². The van der Waals surface area contributed by atoms with E-state index in [1.165, 1.54) is 128 Å². The first-order valence-electron chi connectivity index (χ1n) is 34.3. The lowest BCUT2D eigenvalue weighted by molar-refractivity contribution is -0.167. The van der Waals surface area contributed by atoms with Crippen molar-refractivity contribution in [2.45, 2.75) is 309 Å². The van der Waals surface area contributed by atoms with Crippen molar-refractivity contribution < 1.29 is 28.6 Å². The molecule has 0 rings (SSSR count). The van der Waals surface area contributed by atoms with E-state index in [2.05, 4.69) is 167 Å². The fraction of sp³-hybridized carbons (Fsp3) is 0.649. The first-order valence-corrected chi connectivity index (χ1v) is 34.3. The SMILES string of the molecule is CC/C=C\C/C=C\C/C=C\C/C=C\C/C=C\C/C=C\CCCCC(=O)OCC(COC(=O)CCCCCCCCCCCCCCCCCCCCCCCCC)OC(=O)CCCC/C=C\C/C=C\C/C=C\C/C=C\C/C=C\C/C=C\CC. The molecule has 83 heavy (non-hydrogen) atoms. The molecular weight excluding hydrogens is 1020 g/mol. The second-order valence-electron chi connectivity index (χ2n) is 22.3. The molecule has 0 aromatic heterocycles. The van der Waals surface area contributed by atoms with Gasteiger partial charge >= 0.3 is 17.9 Å². The van der Waals surface area contributed by atoms with Crippen molar-refractivity contribution in [3.8, 4) is 0 Å². The van der Waals surface area contributed by atoms with Crippen LogP contribution in [0.4, 0.5) is 0 Å². The molecule has 0 saturated carbocycles. The van der Waals surface area contributed by atoms with Crippen LogP contribution in [-0.4, -0.2) is 37.2 Å². The second kappa shape index (κ2) is 69.8. The van der Waals surface area contributed by atoms with Crippen LogP contribution in [-0.2, 0) is 28.6 Å². The van der Waals surface area contributed by atoms with E-state index >= 15 is 0 Å². The Balaban J connectivity index is 4.52. The summed E-state index contributed by atoms with van der Waals surface area (Å²) in [6, 6.07) is 0. The van der Waals surface area contributed by atoms with E-state index < -0.39 is 6.10 Å². The van der Waals surface area contributed by atoms with Crippen LogP contribution >= 0.6 is 0 Å². The Kier molecular flexibility index (Phi) is 65.8. The third kappa shape index (κ3) is 68.0. The van der Waals surface area contributed by atoms with Gasteiger partial charge in [-0.05, 0) is 122 Å². The Morgan fingerprint density at radius 3 is 0.735 bits per heavy atom. The molecule has 0 heterocycles. The van der Waals surface area contributed by atoms with Gasteiger partial charge in [0.2, 0.25) is 0 Å². The van der Waals surface area contributed by atoms with Gasteiger partial charge in [0.1, 0.15) is 13.2 Å². The number of esters is 3. The molecule has 0 N–H and O–H groups in total. The summed E-state index contributed by atoms with van der Waals surface area (Å²) in [6.07, 6.45) is 100. The molecule has 1 unspecified atom stereocenters. The van der Waals surface area contributed by atoms with Crippen molar-refractivity contribution in [2.75, 3.05) is 13.2 Å². The highest BCUT2D eigenvalue weighted by atomic mass is 16.6. The van der Waals surface area contributed by atoms with Crippen LogP contribution in [0.25, 0.3) is 0 Å². The lowest BCUT2D eigenvalue weighted by atomic mass is 10.0. The lowest BCUT2D eigenvalue weighted by Crippen LogP contribution is -2.30. The van der Waals surface area contributed by atoms with Crippen molar-refractivity contribution in [3.05, 3.63) is 146 Å². The third-order valence-electron chi connectivity index (χ3n) is 14.3. The summed E-state index contributed by atoms with van der Waals surface area (Å²) in [7, 11) is 0. The van der Waals surface area contributed by atoms with Crippen molar-refractivity contribution in [2.24, 2.45) is 0 Å². The van der Waals surface area contributed by atoms with Crippen molar-refractivity contribution in [3.63, 3.8) is 0 Å². The Morgan fingerprint density at radius 1 is 0.253 bits per heavy atom. The molecule has 0 aromatic carbocycles. The molecule has 6 heteroatoms.